The highest BCUT2D eigenvalue weighted by molar-refractivity contribution is 7.18. The van der Waals surface area contributed by atoms with Crippen LogP contribution in [-0.4, -0.2) is 35.2 Å². The molecular formula is C13H24N4O2S. The maximum atomic E-state index is 12.1. The minimum atomic E-state index is -0.224. The lowest BCUT2D eigenvalue weighted by Crippen LogP contribution is -2.34. The van der Waals surface area contributed by atoms with Gasteiger partial charge in [0.25, 0.3) is 5.91 Å². The molecule has 1 heterocycles. The normalized spacial score (nSPS) is 12.4. The van der Waals surface area contributed by atoms with Gasteiger partial charge < -0.3 is 21.5 Å². The number of rotatable bonds is 8. The van der Waals surface area contributed by atoms with Gasteiger partial charge in [-0.2, -0.15) is 0 Å². The maximum Gasteiger partial charge on any atom is 0.265 e. The second-order valence-corrected chi connectivity index (χ2v) is 6.10. The number of nitrogens with one attached hydrogen (secondary N) is 2. The number of nitrogens with zero attached hydrogens (tertiary/aromatic N) is 1. The zero-order valence-corrected chi connectivity index (χ0v) is 13.1. The first-order valence-corrected chi connectivity index (χ1v) is 7.71. The van der Waals surface area contributed by atoms with Crippen molar-refractivity contribution in [2.45, 2.75) is 39.7 Å². The maximum absolute atomic E-state index is 12.1. The monoisotopic (exact) mass is 300 g/mol. The summed E-state index contributed by atoms with van der Waals surface area (Å²) in [6, 6.07) is -0.0407. The van der Waals surface area contributed by atoms with Gasteiger partial charge >= 0.3 is 0 Å². The van der Waals surface area contributed by atoms with E-state index in [-0.39, 0.29) is 24.4 Å². The number of carbonyl (C=O) groups excluding carboxylic acids is 1. The Balaban J connectivity index is 2.68. The van der Waals surface area contributed by atoms with E-state index >= 15 is 0 Å². The molecule has 0 aromatic carbocycles. The summed E-state index contributed by atoms with van der Waals surface area (Å²) in [7, 11) is 0. The number of anilines is 2. The molecule has 1 amide bonds. The Morgan fingerprint density at radius 1 is 1.50 bits per heavy atom. The summed E-state index contributed by atoms with van der Waals surface area (Å²) in [5.41, 5.74) is 5.79. The van der Waals surface area contributed by atoms with Gasteiger partial charge in [-0.05, 0) is 18.8 Å². The highest BCUT2D eigenvalue weighted by Gasteiger charge is 2.18. The molecule has 0 bridgehead atoms. The van der Waals surface area contributed by atoms with Crippen LogP contribution in [0.25, 0.3) is 0 Å². The van der Waals surface area contributed by atoms with Gasteiger partial charge in [-0.15, -0.1) is 0 Å². The van der Waals surface area contributed by atoms with Crippen molar-refractivity contribution < 1.29 is 9.90 Å². The predicted molar refractivity (Wildman–Crippen MR) is 83.1 cm³/mol. The third-order valence-electron chi connectivity index (χ3n) is 2.83. The smallest absolute Gasteiger partial charge is 0.265 e. The van der Waals surface area contributed by atoms with E-state index in [9.17, 15) is 4.79 Å². The van der Waals surface area contributed by atoms with Crippen LogP contribution < -0.4 is 16.4 Å². The van der Waals surface area contributed by atoms with E-state index in [1.165, 1.54) is 11.3 Å². The molecule has 0 aliphatic rings. The first-order chi connectivity index (χ1) is 9.47. The van der Waals surface area contributed by atoms with Gasteiger partial charge in [0.2, 0.25) is 0 Å². The molecule has 7 heteroatoms. The van der Waals surface area contributed by atoms with Crippen LogP contribution >= 0.6 is 11.3 Å². The summed E-state index contributed by atoms with van der Waals surface area (Å²) in [5, 5.41) is 15.6. The van der Waals surface area contributed by atoms with Crippen LogP contribution in [-0.2, 0) is 0 Å². The minimum Gasteiger partial charge on any atom is -0.396 e. The van der Waals surface area contributed by atoms with Gasteiger partial charge in [0.15, 0.2) is 5.13 Å². The summed E-state index contributed by atoms with van der Waals surface area (Å²) in [5.74, 6) is 0.516. The van der Waals surface area contributed by atoms with E-state index in [2.05, 4.69) is 29.5 Å². The topological polar surface area (TPSA) is 100 Å². The van der Waals surface area contributed by atoms with E-state index in [1.807, 2.05) is 6.92 Å². The Kier molecular flexibility index (Phi) is 6.74. The first kappa shape index (κ1) is 16.7. The van der Waals surface area contributed by atoms with Crippen molar-refractivity contribution in [3.05, 3.63) is 4.88 Å². The predicted octanol–water partition coefficient (Wildman–Crippen LogP) is 1.68. The second-order valence-electron chi connectivity index (χ2n) is 5.10. The number of nitrogen functional groups attached to an aromatic ring is 1. The molecule has 1 aromatic rings. The van der Waals surface area contributed by atoms with Crippen molar-refractivity contribution in [2.75, 3.05) is 24.2 Å². The standard InChI is InChI=1S/C13H24N4O2S/c1-4-9(5-6-18)16-12(19)10-11(14)17-13(20-10)15-7-8(2)3/h8-9,18H,4-7,14H2,1-3H3,(H,15,17)(H,16,19). The van der Waals surface area contributed by atoms with Gasteiger partial charge in [-0.25, -0.2) is 4.98 Å². The van der Waals surface area contributed by atoms with Crippen molar-refractivity contribution in [3.63, 3.8) is 0 Å². The van der Waals surface area contributed by atoms with Gasteiger partial charge in [-0.1, -0.05) is 32.1 Å². The number of nitrogens with two attached hydrogens (primary N) is 1. The molecule has 0 spiro atoms. The highest BCUT2D eigenvalue weighted by atomic mass is 32.1. The van der Waals surface area contributed by atoms with E-state index < -0.39 is 0 Å². The lowest BCUT2D eigenvalue weighted by molar-refractivity contribution is 0.0934. The number of amides is 1. The molecule has 0 aliphatic carbocycles. The summed E-state index contributed by atoms with van der Waals surface area (Å²) >= 11 is 1.26. The molecule has 0 fully saturated rings. The fraction of sp³-hybridized carbons (Fsp3) is 0.692. The molecule has 0 saturated heterocycles. The lowest BCUT2D eigenvalue weighted by Gasteiger charge is -2.14. The molecule has 0 saturated carbocycles. The quantitative estimate of drug-likeness (QED) is 0.585. The minimum absolute atomic E-state index is 0.0407. The van der Waals surface area contributed by atoms with E-state index in [4.69, 9.17) is 10.8 Å². The third kappa shape index (κ3) is 4.97. The van der Waals surface area contributed by atoms with Gasteiger partial charge in [-0.3, -0.25) is 4.79 Å². The molecule has 0 radical (unpaired) electrons. The summed E-state index contributed by atoms with van der Waals surface area (Å²) in [6.45, 7) is 7.00. The Morgan fingerprint density at radius 3 is 2.75 bits per heavy atom. The molecule has 1 rings (SSSR count). The Labute approximate surface area is 123 Å². The Bertz CT molecular complexity index is 434. The number of thiazole rings is 1. The van der Waals surface area contributed by atoms with Crippen LogP contribution in [0.2, 0.25) is 0 Å². The second kappa shape index (κ2) is 8.06. The summed E-state index contributed by atoms with van der Waals surface area (Å²) in [4.78, 5) is 16.7. The molecule has 0 aliphatic heterocycles. The Morgan fingerprint density at radius 2 is 2.20 bits per heavy atom. The fourth-order valence-electron chi connectivity index (χ4n) is 1.65. The van der Waals surface area contributed by atoms with Gasteiger partial charge in [0.05, 0.1) is 0 Å². The van der Waals surface area contributed by atoms with Crippen LogP contribution in [0.4, 0.5) is 10.9 Å². The van der Waals surface area contributed by atoms with Crippen molar-refractivity contribution in [1.82, 2.24) is 10.3 Å². The molecule has 6 nitrogen and oxygen atoms in total. The SMILES string of the molecule is CCC(CCO)NC(=O)c1sc(NCC(C)C)nc1N. The van der Waals surface area contributed by atoms with Crippen LogP contribution in [0, 0.1) is 5.92 Å². The Hall–Kier alpha value is -1.34. The molecule has 5 N–H and O–H groups in total. The van der Waals surface area contributed by atoms with Crippen LogP contribution in [0.1, 0.15) is 43.3 Å². The molecule has 1 unspecified atom stereocenters. The van der Waals surface area contributed by atoms with Gasteiger partial charge in [0.1, 0.15) is 10.7 Å². The molecule has 20 heavy (non-hydrogen) atoms. The van der Waals surface area contributed by atoms with Crippen molar-refractivity contribution in [2.24, 2.45) is 5.92 Å². The molecular weight excluding hydrogens is 276 g/mol. The van der Waals surface area contributed by atoms with Crippen LogP contribution in [0.15, 0.2) is 0 Å². The highest BCUT2D eigenvalue weighted by Crippen LogP contribution is 2.25. The third-order valence-corrected chi connectivity index (χ3v) is 3.85. The van der Waals surface area contributed by atoms with Crippen molar-refractivity contribution >= 4 is 28.2 Å². The largest absolute Gasteiger partial charge is 0.396 e. The number of hydrogen-bond donors (Lipinski definition) is 4. The zero-order valence-electron chi connectivity index (χ0n) is 12.3. The summed E-state index contributed by atoms with van der Waals surface area (Å²) < 4.78 is 0. The number of aliphatic hydroxyl groups is 1. The van der Waals surface area contributed by atoms with Crippen molar-refractivity contribution in [3.8, 4) is 0 Å². The van der Waals surface area contributed by atoms with Crippen molar-refractivity contribution in [1.29, 1.82) is 0 Å². The first-order valence-electron chi connectivity index (χ1n) is 6.89. The molecule has 1 aromatic heterocycles. The molecule has 114 valence electrons. The number of hydrogen-bond acceptors (Lipinski definition) is 6. The van der Waals surface area contributed by atoms with Gasteiger partial charge in [0, 0.05) is 19.2 Å². The van der Waals surface area contributed by atoms with E-state index in [0.29, 0.717) is 22.3 Å². The van der Waals surface area contributed by atoms with E-state index in [1.54, 1.807) is 0 Å². The van der Waals surface area contributed by atoms with Crippen LogP contribution in [0.5, 0.6) is 0 Å². The summed E-state index contributed by atoms with van der Waals surface area (Å²) in [6.07, 6.45) is 1.31. The fourth-order valence-corrected chi connectivity index (χ4v) is 2.44. The lowest BCUT2D eigenvalue weighted by atomic mass is 10.1. The van der Waals surface area contributed by atoms with E-state index in [0.717, 1.165) is 13.0 Å². The number of carbonyl (C=O) groups is 1. The zero-order chi connectivity index (χ0) is 15.1. The number of aromatic nitrogens is 1. The average Bonchev–Trinajstić information content (AvgIpc) is 2.77. The number of aliphatic hydroxyl groups excluding tert-OH is 1. The average molecular weight is 300 g/mol. The molecule has 1 atom stereocenters. The van der Waals surface area contributed by atoms with Crippen LogP contribution in [0.3, 0.4) is 0 Å².